The van der Waals surface area contributed by atoms with E-state index in [-0.39, 0.29) is 42.0 Å². The molecule has 0 aliphatic rings. The van der Waals surface area contributed by atoms with Crippen LogP contribution in [-0.4, -0.2) is 30.2 Å². The maximum atomic E-state index is 15.2. The number of rotatable bonds is 8. The van der Waals surface area contributed by atoms with Crippen molar-refractivity contribution in [3.05, 3.63) is 122 Å². The quantitative estimate of drug-likeness (QED) is 0.243. The molecule has 0 saturated carbocycles. The van der Waals surface area contributed by atoms with Gasteiger partial charge in [0.15, 0.2) is 11.6 Å². The van der Waals surface area contributed by atoms with E-state index in [2.05, 4.69) is 10.3 Å². The normalized spacial score (nSPS) is 11.2. The molecule has 0 unspecified atom stereocenters. The molecular weight excluding hydrogens is 555 g/mol. The maximum absolute atomic E-state index is 15.2. The number of amides is 1. The van der Waals surface area contributed by atoms with E-state index in [1.54, 1.807) is 56.3 Å². The van der Waals surface area contributed by atoms with Gasteiger partial charge in [0.1, 0.15) is 11.3 Å². The predicted octanol–water partition coefficient (Wildman–Crippen LogP) is 4.61. The van der Waals surface area contributed by atoms with Crippen molar-refractivity contribution in [3.8, 4) is 17.2 Å². The van der Waals surface area contributed by atoms with E-state index < -0.39 is 23.0 Å². The summed E-state index contributed by atoms with van der Waals surface area (Å²) in [6, 6.07) is 15.0. The lowest BCUT2D eigenvalue weighted by Gasteiger charge is -2.16. The van der Waals surface area contributed by atoms with Gasteiger partial charge in [0, 0.05) is 35.6 Å². The number of carbonyl (C=O) groups is 1. The van der Waals surface area contributed by atoms with Crippen LogP contribution in [0.3, 0.4) is 0 Å². The molecule has 0 aliphatic heterocycles. The average Bonchev–Trinajstić information content (AvgIpc) is 2.98. The van der Waals surface area contributed by atoms with Crippen LogP contribution >= 0.6 is 0 Å². The van der Waals surface area contributed by atoms with E-state index in [4.69, 9.17) is 4.74 Å². The van der Waals surface area contributed by atoms with Crippen LogP contribution in [0.2, 0.25) is 0 Å². The first-order valence-corrected chi connectivity index (χ1v) is 13.5. The zero-order valence-electron chi connectivity index (χ0n) is 23.7. The Bertz CT molecular complexity index is 1960. The van der Waals surface area contributed by atoms with Crippen LogP contribution in [0.5, 0.6) is 11.5 Å². The summed E-state index contributed by atoms with van der Waals surface area (Å²) in [5.41, 5.74) is 1.12. The molecule has 0 spiro atoms. The first kappa shape index (κ1) is 29.4. The van der Waals surface area contributed by atoms with E-state index in [9.17, 15) is 24.6 Å². The summed E-state index contributed by atoms with van der Waals surface area (Å²) in [5.74, 6) is -1.48. The second-order valence-electron chi connectivity index (χ2n) is 10.3. The van der Waals surface area contributed by atoms with Crippen molar-refractivity contribution < 1.29 is 24.1 Å². The molecule has 10 nitrogen and oxygen atoms in total. The lowest BCUT2D eigenvalue weighted by atomic mass is 10.0. The highest BCUT2D eigenvalue weighted by molar-refractivity contribution is 6.04. The van der Waals surface area contributed by atoms with E-state index >= 15 is 4.39 Å². The van der Waals surface area contributed by atoms with Gasteiger partial charge in [0.25, 0.3) is 11.5 Å². The van der Waals surface area contributed by atoms with Crippen molar-refractivity contribution >= 4 is 22.5 Å². The van der Waals surface area contributed by atoms with Crippen molar-refractivity contribution in [2.45, 2.75) is 40.0 Å². The molecule has 0 fully saturated rings. The summed E-state index contributed by atoms with van der Waals surface area (Å²) in [7, 11) is 0. The minimum Gasteiger partial charge on any atom is -0.454 e. The summed E-state index contributed by atoms with van der Waals surface area (Å²) >= 11 is 0. The number of nitrogens with zero attached hydrogens (tertiary/aromatic N) is 3. The van der Waals surface area contributed by atoms with E-state index in [1.807, 2.05) is 6.92 Å². The van der Waals surface area contributed by atoms with Crippen LogP contribution in [0.15, 0.2) is 82.6 Å². The number of hydrogen-bond donors (Lipinski definition) is 3. The third-order valence-corrected chi connectivity index (χ3v) is 6.98. The number of nitrogens with one attached hydrogen (secondary N) is 1. The topological polar surface area (TPSA) is 136 Å². The van der Waals surface area contributed by atoms with Crippen LogP contribution in [0.1, 0.15) is 46.9 Å². The van der Waals surface area contributed by atoms with E-state index in [0.29, 0.717) is 27.7 Å². The fourth-order valence-electron chi connectivity index (χ4n) is 4.64. The van der Waals surface area contributed by atoms with Gasteiger partial charge in [0.2, 0.25) is 0 Å². The fraction of sp³-hybridized carbons (Fsp3) is 0.188. The van der Waals surface area contributed by atoms with Gasteiger partial charge in [-0.25, -0.2) is 13.8 Å². The van der Waals surface area contributed by atoms with Crippen LogP contribution in [-0.2, 0) is 13.2 Å². The first-order valence-electron chi connectivity index (χ1n) is 13.5. The Morgan fingerprint density at radius 1 is 0.977 bits per heavy atom. The Hall–Kier alpha value is -5.13. The molecule has 0 aliphatic carbocycles. The molecule has 2 heterocycles. The van der Waals surface area contributed by atoms with Gasteiger partial charge in [-0.05, 0) is 74.4 Å². The molecule has 0 atom stereocenters. The third-order valence-electron chi connectivity index (χ3n) is 6.98. The molecule has 0 radical (unpaired) electrons. The minimum absolute atomic E-state index is 0.0631. The van der Waals surface area contributed by atoms with Gasteiger partial charge in [-0.1, -0.05) is 17.7 Å². The van der Waals surface area contributed by atoms with E-state index in [0.717, 1.165) is 16.2 Å². The number of aliphatic hydroxyl groups is 2. The number of hydrogen-bond acceptors (Lipinski definition) is 7. The molecule has 3 aromatic carbocycles. The Morgan fingerprint density at radius 2 is 1.67 bits per heavy atom. The number of aliphatic hydroxyl groups excluding tert-OH is 2. The third kappa shape index (κ3) is 5.81. The molecule has 3 N–H and O–H groups in total. The van der Waals surface area contributed by atoms with E-state index in [1.165, 1.54) is 29.1 Å². The van der Waals surface area contributed by atoms with Crippen LogP contribution in [0.4, 0.5) is 10.1 Å². The van der Waals surface area contributed by atoms with Crippen LogP contribution in [0, 0.1) is 12.7 Å². The predicted molar refractivity (Wildman–Crippen MR) is 159 cm³/mol. The molecule has 1 amide bonds. The summed E-state index contributed by atoms with van der Waals surface area (Å²) in [5, 5.41) is 22.3. The summed E-state index contributed by atoms with van der Waals surface area (Å²) in [6.45, 7) is 4.79. The Kier molecular flexibility index (Phi) is 8.20. The maximum Gasteiger partial charge on any atom is 0.335 e. The second-order valence-corrected chi connectivity index (χ2v) is 10.3. The monoisotopic (exact) mass is 584 g/mol. The minimum atomic E-state index is -0.815. The standard InChI is InChI=1S/C32H29FN4O6/c1-18(2)36-15-25(31(41)37(32(36)42)23-7-4-19(3)5-8-23)30(40)35-22-6-9-29(26(33)14-22)43-28-10-11-34-27-13-21(17-39)20(16-38)12-24(27)28/h4-15,18,38-39H,16-17H2,1-3H3,(H,35,40). The largest absolute Gasteiger partial charge is 0.454 e. The Labute approximate surface area is 245 Å². The average molecular weight is 585 g/mol. The number of ether oxygens (including phenoxy) is 1. The number of pyridine rings is 1. The van der Waals surface area contributed by atoms with Crippen molar-refractivity contribution in [3.63, 3.8) is 0 Å². The highest BCUT2D eigenvalue weighted by Gasteiger charge is 2.21. The zero-order chi connectivity index (χ0) is 30.8. The highest BCUT2D eigenvalue weighted by Crippen LogP contribution is 2.33. The molecule has 11 heteroatoms. The molecule has 5 rings (SSSR count). The molecule has 5 aromatic rings. The van der Waals surface area contributed by atoms with Gasteiger partial charge in [-0.2, -0.15) is 0 Å². The molecular formula is C32H29FN4O6. The number of carbonyl (C=O) groups excluding carboxylic acids is 1. The summed E-state index contributed by atoms with van der Waals surface area (Å²) in [4.78, 5) is 44.0. The summed E-state index contributed by atoms with van der Waals surface area (Å²) < 4.78 is 23.3. The lowest BCUT2D eigenvalue weighted by Crippen LogP contribution is -2.42. The van der Waals surface area contributed by atoms with Crippen LogP contribution in [0.25, 0.3) is 16.6 Å². The van der Waals surface area contributed by atoms with Gasteiger partial charge < -0.3 is 20.3 Å². The van der Waals surface area contributed by atoms with Gasteiger partial charge in [-0.15, -0.1) is 0 Å². The number of halogens is 1. The zero-order valence-corrected chi connectivity index (χ0v) is 23.7. The Balaban J connectivity index is 1.45. The van der Waals surface area contributed by atoms with Crippen molar-refractivity contribution in [2.24, 2.45) is 0 Å². The number of fused-ring (bicyclic) bond motifs is 1. The molecule has 43 heavy (non-hydrogen) atoms. The number of aryl methyl sites for hydroxylation is 1. The highest BCUT2D eigenvalue weighted by atomic mass is 19.1. The van der Waals surface area contributed by atoms with Crippen molar-refractivity contribution in [2.75, 3.05) is 5.32 Å². The smallest absolute Gasteiger partial charge is 0.335 e. The van der Waals surface area contributed by atoms with Gasteiger partial charge >= 0.3 is 5.69 Å². The van der Waals surface area contributed by atoms with Crippen molar-refractivity contribution in [1.82, 2.24) is 14.1 Å². The lowest BCUT2D eigenvalue weighted by molar-refractivity contribution is 0.102. The van der Waals surface area contributed by atoms with Gasteiger partial charge in [0.05, 0.1) is 24.4 Å². The molecule has 220 valence electrons. The number of aromatic nitrogens is 3. The molecule has 2 aromatic heterocycles. The number of anilines is 1. The summed E-state index contributed by atoms with van der Waals surface area (Å²) in [6.07, 6.45) is 2.69. The SMILES string of the molecule is Cc1ccc(-n2c(=O)c(C(=O)Nc3ccc(Oc4ccnc5cc(CO)c(CO)cc45)c(F)c3)cn(C(C)C)c2=O)cc1. The molecule has 0 saturated heterocycles. The fourth-order valence-corrected chi connectivity index (χ4v) is 4.64. The second kappa shape index (κ2) is 12.0. The molecule has 0 bridgehead atoms. The first-order chi connectivity index (χ1) is 20.6. The van der Waals surface area contributed by atoms with Crippen LogP contribution < -0.4 is 21.3 Å². The Morgan fingerprint density at radius 3 is 2.33 bits per heavy atom. The van der Waals surface area contributed by atoms with Gasteiger partial charge in [-0.3, -0.25) is 19.1 Å². The number of benzene rings is 3. The van der Waals surface area contributed by atoms with Crippen molar-refractivity contribution in [1.29, 1.82) is 0 Å².